The summed E-state index contributed by atoms with van der Waals surface area (Å²) in [7, 11) is 1.67. The van der Waals surface area contributed by atoms with Crippen molar-refractivity contribution < 1.29 is 14.3 Å². The Kier molecular flexibility index (Phi) is 6.15. The van der Waals surface area contributed by atoms with Gasteiger partial charge in [-0.1, -0.05) is 0 Å². The van der Waals surface area contributed by atoms with E-state index in [4.69, 9.17) is 4.74 Å². The molecule has 0 aliphatic carbocycles. The van der Waals surface area contributed by atoms with Gasteiger partial charge in [-0.2, -0.15) is 11.8 Å². The molecule has 2 heterocycles. The molecule has 2 saturated heterocycles. The van der Waals surface area contributed by atoms with Crippen LogP contribution in [-0.2, 0) is 14.3 Å². The monoisotopic (exact) mass is 328 g/mol. The highest BCUT2D eigenvalue weighted by molar-refractivity contribution is 7.99. The minimum absolute atomic E-state index is 0.0418. The zero-order valence-electron chi connectivity index (χ0n) is 14.0. The van der Waals surface area contributed by atoms with E-state index in [1.54, 1.807) is 18.9 Å². The van der Waals surface area contributed by atoms with Crippen LogP contribution in [0.1, 0.15) is 32.6 Å². The molecule has 2 aliphatic rings. The van der Waals surface area contributed by atoms with Gasteiger partial charge in [-0.25, -0.2) is 0 Å². The first-order valence-corrected chi connectivity index (χ1v) is 9.38. The third-order valence-electron chi connectivity index (χ3n) is 5.15. The van der Waals surface area contributed by atoms with Gasteiger partial charge >= 0.3 is 0 Å². The van der Waals surface area contributed by atoms with E-state index in [-0.39, 0.29) is 22.5 Å². The molecule has 2 amide bonds. The van der Waals surface area contributed by atoms with Crippen molar-refractivity contribution in [2.75, 3.05) is 46.2 Å². The van der Waals surface area contributed by atoms with Crippen LogP contribution in [0, 0.1) is 5.41 Å². The zero-order chi connectivity index (χ0) is 16.2. The fraction of sp³-hybridized carbons (Fsp3) is 0.875. The van der Waals surface area contributed by atoms with Crippen molar-refractivity contribution in [2.24, 2.45) is 5.41 Å². The molecule has 22 heavy (non-hydrogen) atoms. The van der Waals surface area contributed by atoms with Crippen molar-refractivity contribution in [1.29, 1.82) is 0 Å². The summed E-state index contributed by atoms with van der Waals surface area (Å²) >= 11 is 1.61. The van der Waals surface area contributed by atoms with E-state index in [1.165, 1.54) is 0 Å². The first-order valence-electron chi connectivity index (χ1n) is 8.10. The molecule has 0 unspecified atom stereocenters. The number of rotatable bonds is 5. The molecule has 0 aromatic heterocycles. The Morgan fingerprint density at radius 2 is 2.05 bits per heavy atom. The van der Waals surface area contributed by atoms with Gasteiger partial charge in [0.25, 0.3) is 0 Å². The third kappa shape index (κ3) is 3.96. The molecule has 6 heteroatoms. The Morgan fingerprint density at radius 1 is 1.36 bits per heavy atom. The molecule has 0 radical (unpaired) electrons. The van der Waals surface area contributed by atoms with E-state index < -0.39 is 0 Å². The number of likely N-dealkylation sites (tertiary alicyclic amines) is 2. The number of thioether (sulfide) groups is 1. The largest absolute Gasteiger partial charge is 0.383 e. The van der Waals surface area contributed by atoms with Gasteiger partial charge in [0.1, 0.15) is 0 Å². The van der Waals surface area contributed by atoms with Gasteiger partial charge in [-0.05, 0) is 37.9 Å². The summed E-state index contributed by atoms with van der Waals surface area (Å²) in [5, 5.41) is 0.0418. The molecule has 126 valence electrons. The number of carbonyl (C=O) groups excluding carboxylic acids is 2. The SMILES string of the molecule is COCCN1CC2(CCC1=O)CCN(C(=O)[C@@H](C)SC)CC2. The van der Waals surface area contributed by atoms with Crippen LogP contribution in [0.2, 0.25) is 0 Å². The van der Waals surface area contributed by atoms with E-state index in [1.807, 2.05) is 23.0 Å². The molecule has 0 aromatic rings. The molecule has 0 aromatic carbocycles. The third-order valence-corrected chi connectivity index (χ3v) is 6.06. The molecule has 2 rings (SSSR count). The van der Waals surface area contributed by atoms with Crippen molar-refractivity contribution in [3.05, 3.63) is 0 Å². The molecule has 1 atom stereocenters. The van der Waals surface area contributed by atoms with Crippen LogP contribution in [0.4, 0.5) is 0 Å². The van der Waals surface area contributed by atoms with Crippen molar-refractivity contribution >= 4 is 23.6 Å². The maximum Gasteiger partial charge on any atom is 0.235 e. The lowest BCUT2D eigenvalue weighted by molar-refractivity contribution is -0.142. The number of nitrogens with zero attached hydrogens (tertiary/aromatic N) is 2. The molecule has 1 spiro atoms. The smallest absolute Gasteiger partial charge is 0.235 e. The Hall–Kier alpha value is -0.750. The summed E-state index contributed by atoms with van der Waals surface area (Å²) in [6.45, 7) is 5.74. The number of methoxy groups -OCH3 is 1. The minimum atomic E-state index is 0.0418. The van der Waals surface area contributed by atoms with Crippen LogP contribution in [0.25, 0.3) is 0 Å². The van der Waals surface area contributed by atoms with E-state index >= 15 is 0 Å². The topological polar surface area (TPSA) is 49.9 Å². The summed E-state index contributed by atoms with van der Waals surface area (Å²) in [5.41, 5.74) is 0.209. The highest BCUT2D eigenvalue weighted by Crippen LogP contribution is 2.40. The second-order valence-corrected chi connectivity index (χ2v) is 7.69. The van der Waals surface area contributed by atoms with Crippen LogP contribution >= 0.6 is 11.8 Å². The predicted molar refractivity (Wildman–Crippen MR) is 88.9 cm³/mol. The van der Waals surface area contributed by atoms with Gasteiger partial charge in [-0.3, -0.25) is 9.59 Å². The van der Waals surface area contributed by atoms with E-state index in [2.05, 4.69) is 0 Å². The predicted octanol–water partition coefficient (Wildman–Crippen LogP) is 1.62. The quantitative estimate of drug-likeness (QED) is 0.769. The molecule has 0 bridgehead atoms. The molecule has 5 nitrogen and oxygen atoms in total. The van der Waals surface area contributed by atoms with Crippen LogP contribution in [0.15, 0.2) is 0 Å². The maximum absolute atomic E-state index is 12.3. The Morgan fingerprint density at radius 3 is 2.64 bits per heavy atom. The van der Waals surface area contributed by atoms with E-state index in [0.717, 1.165) is 38.9 Å². The standard InChI is InChI=1S/C16H28N2O3S/c1-13(22-3)15(20)17-8-6-16(7-9-17)5-4-14(19)18(12-16)10-11-21-2/h13H,4-12H2,1-3H3/t13-/m1/s1. The summed E-state index contributed by atoms with van der Waals surface area (Å²) in [4.78, 5) is 28.3. The van der Waals surface area contributed by atoms with Crippen LogP contribution in [0.3, 0.4) is 0 Å². The molecule has 0 saturated carbocycles. The molecular weight excluding hydrogens is 300 g/mol. The Labute approximate surface area is 137 Å². The lowest BCUT2D eigenvalue weighted by Gasteiger charge is -2.47. The molecular formula is C16H28N2O3S. The molecule has 0 N–H and O–H groups in total. The lowest BCUT2D eigenvalue weighted by Crippen LogP contribution is -2.53. The first kappa shape index (κ1) is 17.6. The fourth-order valence-corrected chi connectivity index (χ4v) is 3.83. The Bertz CT molecular complexity index is 408. The van der Waals surface area contributed by atoms with Gasteiger partial charge in [0, 0.05) is 39.7 Å². The van der Waals surface area contributed by atoms with Gasteiger partial charge < -0.3 is 14.5 Å². The normalized spacial score (nSPS) is 23.0. The van der Waals surface area contributed by atoms with E-state index in [0.29, 0.717) is 19.6 Å². The average Bonchev–Trinajstić information content (AvgIpc) is 2.55. The number of piperidine rings is 2. The maximum atomic E-state index is 12.3. The molecule has 2 fully saturated rings. The lowest BCUT2D eigenvalue weighted by atomic mass is 9.72. The first-order chi connectivity index (χ1) is 10.5. The van der Waals surface area contributed by atoms with Crippen molar-refractivity contribution in [1.82, 2.24) is 9.80 Å². The van der Waals surface area contributed by atoms with Gasteiger partial charge in [0.15, 0.2) is 0 Å². The second kappa shape index (κ2) is 7.68. The summed E-state index contributed by atoms with van der Waals surface area (Å²) in [5.74, 6) is 0.502. The Balaban J connectivity index is 1.91. The number of hydrogen-bond donors (Lipinski definition) is 0. The van der Waals surface area contributed by atoms with E-state index in [9.17, 15) is 9.59 Å². The highest BCUT2D eigenvalue weighted by atomic mass is 32.2. The van der Waals surface area contributed by atoms with Crippen LogP contribution < -0.4 is 0 Å². The molecule has 2 aliphatic heterocycles. The average molecular weight is 328 g/mol. The van der Waals surface area contributed by atoms with Gasteiger partial charge in [-0.15, -0.1) is 0 Å². The van der Waals surface area contributed by atoms with Crippen molar-refractivity contribution in [3.63, 3.8) is 0 Å². The number of ether oxygens (including phenoxy) is 1. The minimum Gasteiger partial charge on any atom is -0.383 e. The summed E-state index contributed by atoms with van der Waals surface area (Å²) < 4.78 is 5.11. The number of amides is 2. The van der Waals surface area contributed by atoms with Crippen LogP contribution in [-0.4, -0.2) is 73.0 Å². The van der Waals surface area contributed by atoms with Crippen LogP contribution in [0.5, 0.6) is 0 Å². The number of hydrogen-bond acceptors (Lipinski definition) is 4. The zero-order valence-corrected chi connectivity index (χ0v) is 14.8. The second-order valence-electron chi connectivity index (χ2n) is 6.51. The van der Waals surface area contributed by atoms with Gasteiger partial charge in [0.2, 0.25) is 11.8 Å². The fourth-order valence-electron chi connectivity index (χ4n) is 3.48. The van der Waals surface area contributed by atoms with Crippen molar-refractivity contribution in [2.45, 2.75) is 37.9 Å². The highest BCUT2D eigenvalue weighted by Gasteiger charge is 2.41. The number of carbonyl (C=O) groups is 2. The summed E-state index contributed by atoms with van der Waals surface area (Å²) in [6.07, 6.45) is 5.61. The van der Waals surface area contributed by atoms with Gasteiger partial charge in [0.05, 0.1) is 11.9 Å². The van der Waals surface area contributed by atoms with Crippen molar-refractivity contribution in [3.8, 4) is 0 Å². The summed E-state index contributed by atoms with van der Waals surface area (Å²) in [6, 6.07) is 0.